The number of nitrogens with one attached hydrogen (secondary N) is 1. The molecular formula is C22H28N4O2. The zero-order chi connectivity index (χ0) is 20.0. The topological polar surface area (TPSA) is 65.5 Å². The SMILES string of the molecule is CN(C)[C@]1(c2ccccc2)CCNC(=O)N(CCc2cccnc2)C(=O)CC1. The van der Waals surface area contributed by atoms with E-state index in [-0.39, 0.29) is 17.5 Å². The van der Waals surface area contributed by atoms with Gasteiger partial charge < -0.3 is 5.32 Å². The molecule has 2 aromatic rings. The third-order valence-corrected chi connectivity index (χ3v) is 5.63. The molecule has 0 spiro atoms. The third-order valence-electron chi connectivity index (χ3n) is 5.63. The Morgan fingerprint density at radius 2 is 1.89 bits per heavy atom. The van der Waals surface area contributed by atoms with E-state index >= 15 is 0 Å². The number of urea groups is 1. The van der Waals surface area contributed by atoms with Crippen LogP contribution in [-0.2, 0) is 16.8 Å². The van der Waals surface area contributed by atoms with Crippen LogP contribution in [0.15, 0.2) is 54.9 Å². The van der Waals surface area contributed by atoms with Crippen LogP contribution < -0.4 is 5.32 Å². The van der Waals surface area contributed by atoms with Crippen LogP contribution in [-0.4, -0.2) is 53.9 Å². The first-order chi connectivity index (χ1) is 13.5. The predicted molar refractivity (Wildman–Crippen MR) is 109 cm³/mol. The van der Waals surface area contributed by atoms with Crippen LogP contribution in [0.1, 0.15) is 30.4 Å². The molecule has 0 radical (unpaired) electrons. The molecule has 1 aromatic heterocycles. The first-order valence-corrected chi connectivity index (χ1v) is 9.73. The quantitative estimate of drug-likeness (QED) is 0.866. The molecule has 3 amide bonds. The van der Waals surface area contributed by atoms with Crippen LogP contribution in [0.5, 0.6) is 0 Å². The molecule has 28 heavy (non-hydrogen) atoms. The lowest BCUT2D eigenvalue weighted by Gasteiger charge is -2.40. The van der Waals surface area contributed by atoms with Gasteiger partial charge in [0.15, 0.2) is 0 Å². The number of nitrogens with zero attached hydrogens (tertiary/aromatic N) is 3. The van der Waals surface area contributed by atoms with Gasteiger partial charge in [-0.1, -0.05) is 36.4 Å². The normalized spacial score (nSPS) is 21.0. The third kappa shape index (κ3) is 4.39. The Morgan fingerprint density at radius 1 is 1.11 bits per heavy atom. The largest absolute Gasteiger partial charge is 0.338 e. The summed E-state index contributed by atoms with van der Waals surface area (Å²) in [5.41, 5.74) is 1.89. The van der Waals surface area contributed by atoms with Crippen molar-refractivity contribution in [2.75, 3.05) is 27.2 Å². The number of benzene rings is 1. The van der Waals surface area contributed by atoms with Crippen LogP contribution in [0.3, 0.4) is 0 Å². The van der Waals surface area contributed by atoms with Crippen molar-refractivity contribution in [3.05, 3.63) is 66.0 Å². The van der Waals surface area contributed by atoms with Gasteiger partial charge in [-0.15, -0.1) is 0 Å². The summed E-state index contributed by atoms with van der Waals surface area (Å²) in [6, 6.07) is 13.8. The average Bonchev–Trinajstić information content (AvgIpc) is 2.77. The molecule has 148 valence electrons. The Morgan fingerprint density at radius 3 is 2.57 bits per heavy atom. The Bertz CT molecular complexity index is 795. The summed E-state index contributed by atoms with van der Waals surface area (Å²) in [5, 5.41) is 2.94. The van der Waals surface area contributed by atoms with Crippen LogP contribution >= 0.6 is 0 Å². The number of rotatable bonds is 5. The molecule has 1 aromatic carbocycles. The van der Waals surface area contributed by atoms with Crippen molar-refractivity contribution in [2.45, 2.75) is 31.2 Å². The van der Waals surface area contributed by atoms with Crippen LogP contribution in [0.4, 0.5) is 4.79 Å². The van der Waals surface area contributed by atoms with Gasteiger partial charge in [0.2, 0.25) is 5.91 Å². The second-order valence-electron chi connectivity index (χ2n) is 7.43. The maximum absolute atomic E-state index is 12.9. The number of imide groups is 1. The maximum atomic E-state index is 12.9. The van der Waals surface area contributed by atoms with E-state index in [1.54, 1.807) is 12.4 Å². The van der Waals surface area contributed by atoms with Crippen LogP contribution in [0.25, 0.3) is 0 Å². The van der Waals surface area contributed by atoms with E-state index in [9.17, 15) is 9.59 Å². The monoisotopic (exact) mass is 380 g/mol. The summed E-state index contributed by atoms with van der Waals surface area (Å²) < 4.78 is 0. The standard InChI is InChI=1S/C22H28N4O2/c1-25(2)22(19-8-4-3-5-9-19)12-10-20(27)26(21(28)24-15-13-22)16-11-18-7-6-14-23-17-18/h3-9,14,17H,10-13,15-16H2,1-2H3,(H,24,28)/t22-/m0/s1. The molecule has 6 heteroatoms. The number of amides is 3. The number of hydrogen-bond acceptors (Lipinski definition) is 4. The number of pyridine rings is 1. The van der Waals surface area contributed by atoms with Gasteiger partial charge in [-0.25, -0.2) is 4.79 Å². The van der Waals surface area contributed by atoms with Gasteiger partial charge in [0.05, 0.1) is 0 Å². The van der Waals surface area contributed by atoms with Gasteiger partial charge in [0.1, 0.15) is 0 Å². The van der Waals surface area contributed by atoms with Crippen molar-refractivity contribution < 1.29 is 9.59 Å². The van der Waals surface area contributed by atoms with Crippen molar-refractivity contribution in [1.29, 1.82) is 0 Å². The molecule has 0 bridgehead atoms. The molecular weight excluding hydrogens is 352 g/mol. The molecule has 1 saturated heterocycles. The highest BCUT2D eigenvalue weighted by Crippen LogP contribution is 2.35. The van der Waals surface area contributed by atoms with Crippen LogP contribution in [0.2, 0.25) is 0 Å². The van der Waals surface area contributed by atoms with E-state index in [0.717, 1.165) is 12.0 Å². The highest BCUT2D eigenvalue weighted by Gasteiger charge is 2.37. The van der Waals surface area contributed by atoms with E-state index in [4.69, 9.17) is 0 Å². The Kier molecular flexibility index (Phi) is 6.41. The molecule has 3 rings (SSSR count). The Hall–Kier alpha value is -2.73. The Balaban J connectivity index is 1.78. The fraction of sp³-hybridized carbons (Fsp3) is 0.409. The number of carbonyl (C=O) groups excluding carboxylic acids is 2. The predicted octanol–water partition coefficient (Wildman–Crippen LogP) is 2.80. The molecule has 0 unspecified atom stereocenters. The lowest BCUT2D eigenvalue weighted by atomic mass is 9.81. The average molecular weight is 380 g/mol. The van der Waals surface area contributed by atoms with Gasteiger partial charge in [0, 0.05) is 37.4 Å². The highest BCUT2D eigenvalue weighted by atomic mass is 16.2. The molecule has 1 aliphatic heterocycles. The second kappa shape index (κ2) is 8.97. The summed E-state index contributed by atoms with van der Waals surface area (Å²) in [6.45, 7) is 0.874. The Labute approximate surface area is 166 Å². The minimum Gasteiger partial charge on any atom is -0.338 e. The molecule has 0 aliphatic carbocycles. The van der Waals surface area contributed by atoms with E-state index in [0.29, 0.717) is 32.4 Å². The summed E-state index contributed by atoms with van der Waals surface area (Å²) >= 11 is 0. The van der Waals surface area contributed by atoms with Crippen molar-refractivity contribution in [1.82, 2.24) is 20.1 Å². The summed E-state index contributed by atoms with van der Waals surface area (Å²) in [5.74, 6) is -0.134. The van der Waals surface area contributed by atoms with Gasteiger partial charge in [-0.3, -0.25) is 19.6 Å². The molecule has 6 nitrogen and oxygen atoms in total. The first kappa shape index (κ1) is 20.0. The summed E-state index contributed by atoms with van der Waals surface area (Å²) in [7, 11) is 4.08. The van der Waals surface area contributed by atoms with Crippen molar-refractivity contribution >= 4 is 11.9 Å². The lowest BCUT2D eigenvalue weighted by molar-refractivity contribution is -0.128. The fourth-order valence-electron chi connectivity index (χ4n) is 3.91. The van der Waals surface area contributed by atoms with Gasteiger partial charge >= 0.3 is 6.03 Å². The van der Waals surface area contributed by atoms with E-state index in [2.05, 4.69) is 27.3 Å². The van der Waals surface area contributed by atoms with Gasteiger partial charge in [0.25, 0.3) is 0 Å². The second-order valence-corrected chi connectivity index (χ2v) is 7.43. The number of hydrogen-bond donors (Lipinski definition) is 1. The zero-order valence-electron chi connectivity index (χ0n) is 16.6. The molecule has 2 heterocycles. The first-order valence-electron chi connectivity index (χ1n) is 9.73. The molecule has 1 fully saturated rings. The molecule has 1 atom stereocenters. The molecule has 0 saturated carbocycles. The minimum absolute atomic E-state index is 0.134. The smallest absolute Gasteiger partial charge is 0.324 e. The maximum Gasteiger partial charge on any atom is 0.324 e. The number of aromatic nitrogens is 1. The van der Waals surface area contributed by atoms with E-state index in [1.165, 1.54) is 10.5 Å². The van der Waals surface area contributed by atoms with Crippen LogP contribution in [0, 0.1) is 0 Å². The van der Waals surface area contributed by atoms with E-state index in [1.807, 2.05) is 44.4 Å². The lowest BCUT2D eigenvalue weighted by Crippen LogP contribution is -2.45. The number of carbonyl (C=O) groups is 2. The highest BCUT2D eigenvalue weighted by molar-refractivity contribution is 5.94. The van der Waals surface area contributed by atoms with E-state index < -0.39 is 0 Å². The van der Waals surface area contributed by atoms with Gasteiger partial charge in [-0.05, 0) is 50.6 Å². The fourth-order valence-corrected chi connectivity index (χ4v) is 3.91. The molecule has 1 N–H and O–H groups in total. The zero-order valence-corrected chi connectivity index (χ0v) is 16.6. The molecule has 1 aliphatic rings. The summed E-state index contributed by atoms with van der Waals surface area (Å²) in [6.07, 6.45) is 5.83. The van der Waals surface area contributed by atoms with Crippen molar-refractivity contribution in [2.24, 2.45) is 0 Å². The van der Waals surface area contributed by atoms with Crippen molar-refractivity contribution in [3.63, 3.8) is 0 Å². The minimum atomic E-state index is -0.309. The summed E-state index contributed by atoms with van der Waals surface area (Å²) in [4.78, 5) is 33.2. The van der Waals surface area contributed by atoms with Gasteiger partial charge in [-0.2, -0.15) is 0 Å². The van der Waals surface area contributed by atoms with Crippen molar-refractivity contribution in [3.8, 4) is 0 Å².